The molecule has 0 unspecified atom stereocenters. The zero-order valence-electron chi connectivity index (χ0n) is 17.4. The van der Waals surface area contributed by atoms with Crippen molar-refractivity contribution >= 4 is 7.12 Å². The van der Waals surface area contributed by atoms with Gasteiger partial charge in [-0.15, -0.1) is 0 Å². The number of ether oxygens (including phenoxy) is 2. The third-order valence-corrected chi connectivity index (χ3v) is 5.05. The molecule has 1 heterocycles. The maximum Gasteiger partial charge on any atom is 0.462 e. The van der Waals surface area contributed by atoms with Crippen LogP contribution in [0.5, 0.6) is 17.2 Å². The van der Waals surface area contributed by atoms with E-state index in [1.807, 2.05) is 24.3 Å². The molecule has 150 valence electrons. The fourth-order valence-corrected chi connectivity index (χ4v) is 2.93. The van der Waals surface area contributed by atoms with E-state index < -0.39 is 5.85 Å². The molecule has 0 saturated carbocycles. The Hall–Kier alpha value is -2.05. The van der Waals surface area contributed by atoms with Crippen LogP contribution in [0, 0.1) is 0 Å². The topological polar surface area (TPSA) is 36.9 Å². The first-order chi connectivity index (χ1) is 12.9. The lowest BCUT2D eigenvalue weighted by molar-refractivity contribution is -0.0257. The molecule has 28 heavy (non-hydrogen) atoms. The largest absolute Gasteiger partial charge is 0.462 e. The molecule has 0 bridgehead atoms. The molecule has 0 spiro atoms. The van der Waals surface area contributed by atoms with Crippen LogP contribution in [0.4, 0.5) is 4.39 Å². The minimum Gasteiger partial charge on any atom is -0.459 e. The molecule has 0 amide bonds. The first kappa shape index (κ1) is 20.7. The van der Waals surface area contributed by atoms with Crippen LogP contribution in [0.25, 0.3) is 0 Å². The van der Waals surface area contributed by atoms with Gasteiger partial charge in [0.25, 0.3) is 0 Å². The van der Waals surface area contributed by atoms with E-state index in [9.17, 15) is 4.39 Å². The highest BCUT2D eigenvalue weighted by molar-refractivity contribution is 6.45. The monoisotopic (exact) mass is 386 g/mol. The Morgan fingerprint density at radius 3 is 1.71 bits per heavy atom. The highest BCUT2D eigenvalue weighted by Crippen LogP contribution is 2.37. The van der Waals surface area contributed by atoms with E-state index in [0.29, 0.717) is 17.8 Å². The third-order valence-electron chi connectivity index (χ3n) is 5.05. The van der Waals surface area contributed by atoms with Gasteiger partial charge in [0.05, 0.1) is 11.2 Å². The van der Waals surface area contributed by atoms with E-state index in [4.69, 9.17) is 18.8 Å². The van der Waals surface area contributed by atoms with Gasteiger partial charge in [-0.2, -0.15) is 4.39 Å². The number of halogens is 1. The third kappa shape index (κ3) is 5.06. The van der Waals surface area contributed by atoms with Gasteiger partial charge in [0.2, 0.25) is 5.85 Å². The standard InChI is InChI=1S/C22H28BFO4/c1-20(2)21(3,4)28-23(27-20)15-16-7-9-17(10-8-16)25-18-11-13-19(14-12-18)26-22(5,6)24/h7-14H,15H2,1-6H3. The van der Waals surface area contributed by atoms with Crippen LogP contribution in [0.2, 0.25) is 0 Å². The summed E-state index contributed by atoms with van der Waals surface area (Å²) in [6.07, 6.45) is 0.679. The van der Waals surface area contributed by atoms with Crippen LogP contribution >= 0.6 is 0 Å². The van der Waals surface area contributed by atoms with Crippen molar-refractivity contribution in [3.05, 3.63) is 54.1 Å². The Kier molecular flexibility index (Phi) is 5.48. The Morgan fingerprint density at radius 1 is 0.821 bits per heavy atom. The van der Waals surface area contributed by atoms with Crippen LogP contribution < -0.4 is 9.47 Å². The molecule has 1 fully saturated rings. The van der Waals surface area contributed by atoms with Gasteiger partial charge in [0.1, 0.15) is 17.2 Å². The van der Waals surface area contributed by atoms with E-state index in [1.54, 1.807) is 24.3 Å². The summed E-state index contributed by atoms with van der Waals surface area (Å²) in [5.41, 5.74) is 0.460. The lowest BCUT2D eigenvalue weighted by Crippen LogP contribution is -2.41. The maximum atomic E-state index is 13.5. The van der Waals surface area contributed by atoms with Gasteiger partial charge in [-0.3, -0.25) is 0 Å². The molecule has 2 aromatic rings. The molecule has 1 aliphatic heterocycles. The summed E-state index contributed by atoms with van der Waals surface area (Å²) in [7, 11) is -0.260. The van der Waals surface area contributed by atoms with Crippen molar-refractivity contribution in [1.82, 2.24) is 0 Å². The minimum absolute atomic E-state index is 0.260. The summed E-state index contributed by atoms with van der Waals surface area (Å²) in [6.45, 7) is 10.9. The summed E-state index contributed by atoms with van der Waals surface area (Å²) in [4.78, 5) is 0. The number of hydrogen-bond acceptors (Lipinski definition) is 4. The van der Waals surface area contributed by atoms with Crippen molar-refractivity contribution in [1.29, 1.82) is 0 Å². The highest BCUT2D eigenvalue weighted by Gasteiger charge is 2.50. The summed E-state index contributed by atoms with van der Waals surface area (Å²) >= 11 is 0. The average molecular weight is 386 g/mol. The predicted molar refractivity (Wildman–Crippen MR) is 109 cm³/mol. The molecular formula is C22H28BFO4. The number of rotatable bonds is 6. The van der Waals surface area contributed by atoms with Gasteiger partial charge < -0.3 is 18.8 Å². The van der Waals surface area contributed by atoms with Crippen LogP contribution in [0.1, 0.15) is 47.1 Å². The van der Waals surface area contributed by atoms with E-state index in [1.165, 1.54) is 13.8 Å². The van der Waals surface area contributed by atoms with Gasteiger partial charge in [0, 0.05) is 20.2 Å². The normalized spacial score (nSPS) is 18.2. The Labute approximate surface area is 167 Å². The van der Waals surface area contributed by atoms with Gasteiger partial charge in [-0.25, -0.2) is 0 Å². The van der Waals surface area contributed by atoms with Gasteiger partial charge in [-0.1, -0.05) is 12.1 Å². The lowest BCUT2D eigenvalue weighted by atomic mass is 9.81. The van der Waals surface area contributed by atoms with Crippen molar-refractivity contribution in [3.63, 3.8) is 0 Å². The second-order valence-electron chi connectivity index (χ2n) is 8.57. The molecule has 6 heteroatoms. The molecule has 0 N–H and O–H groups in total. The SMILES string of the molecule is CC(C)(F)Oc1ccc(Oc2ccc(CB3OC(C)(C)C(C)(C)O3)cc2)cc1. The highest BCUT2D eigenvalue weighted by atomic mass is 19.2. The molecule has 1 aliphatic rings. The van der Waals surface area contributed by atoms with Gasteiger partial charge in [-0.05, 0) is 69.7 Å². The molecule has 1 saturated heterocycles. The van der Waals surface area contributed by atoms with Crippen LogP contribution in [0.3, 0.4) is 0 Å². The zero-order valence-corrected chi connectivity index (χ0v) is 17.4. The van der Waals surface area contributed by atoms with E-state index in [0.717, 1.165) is 11.3 Å². The summed E-state index contributed by atoms with van der Waals surface area (Å²) in [5, 5.41) is 0. The molecular weight excluding hydrogens is 358 g/mol. The number of benzene rings is 2. The van der Waals surface area contributed by atoms with Gasteiger partial charge in [0.15, 0.2) is 0 Å². The Bertz CT molecular complexity index is 779. The Morgan fingerprint density at radius 2 is 1.25 bits per heavy atom. The Balaban J connectivity index is 1.58. The van der Waals surface area contributed by atoms with Crippen molar-refractivity contribution in [2.24, 2.45) is 0 Å². The van der Waals surface area contributed by atoms with E-state index in [-0.39, 0.29) is 18.3 Å². The molecule has 3 rings (SSSR count). The maximum absolute atomic E-state index is 13.5. The second-order valence-corrected chi connectivity index (χ2v) is 8.57. The second kappa shape index (κ2) is 7.41. The zero-order chi connectivity index (χ0) is 20.6. The van der Waals surface area contributed by atoms with Crippen molar-refractivity contribution in [2.45, 2.75) is 64.9 Å². The van der Waals surface area contributed by atoms with E-state index in [2.05, 4.69) is 27.7 Å². The van der Waals surface area contributed by atoms with Crippen LogP contribution in [-0.2, 0) is 15.6 Å². The molecule has 0 radical (unpaired) electrons. The quantitative estimate of drug-likeness (QED) is 0.594. The van der Waals surface area contributed by atoms with Crippen molar-refractivity contribution in [3.8, 4) is 17.2 Å². The molecule has 0 aliphatic carbocycles. The summed E-state index contributed by atoms with van der Waals surface area (Å²) < 4.78 is 36.6. The van der Waals surface area contributed by atoms with Crippen molar-refractivity contribution in [2.75, 3.05) is 0 Å². The fraction of sp³-hybridized carbons (Fsp3) is 0.455. The van der Waals surface area contributed by atoms with Gasteiger partial charge >= 0.3 is 7.12 Å². The van der Waals surface area contributed by atoms with Crippen LogP contribution in [-0.4, -0.2) is 24.2 Å². The fourth-order valence-electron chi connectivity index (χ4n) is 2.93. The van der Waals surface area contributed by atoms with Crippen LogP contribution in [0.15, 0.2) is 48.5 Å². The number of alkyl halides is 1. The first-order valence-corrected chi connectivity index (χ1v) is 9.54. The molecule has 0 aromatic heterocycles. The first-order valence-electron chi connectivity index (χ1n) is 9.54. The summed E-state index contributed by atoms with van der Waals surface area (Å²) in [5.74, 6) is 0.118. The number of hydrogen-bond donors (Lipinski definition) is 0. The van der Waals surface area contributed by atoms with E-state index >= 15 is 0 Å². The smallest absolute Gasteiger partial charge is 0.459 e. The minimum atomic E-state index is -1.71. The predicted octanol–water partition coefficient (Wildman–Crippen LogP) is 5.74. The lowest BCUT2D eigenvalue weighted by Gasteiger charge is -2.32. The molecule has 2 aromatic carbocycles. The summed E-state index contributed by atoms with van der Waals surface area (Å²) in [6, 6.07) is 14.7. The molecule has 0 atom stereocenters. The van der Waals surface area contributed by atoms with Crippen molar-refractivity contribution < 1.29 is 23.2 Å². The molecule has 4 nitrogen and oxygen atoms in total. The average Bonchev–Trinajstić information content (AvgIpc) is 2.76.